The molecule has 0 atom stereocenters. The van der Waals surface area contributed by atoms with E-state index in [2.05, 4.69) is 15.3 Å². The molecule has 0 radical (unpaired) electrons. The van der Waals surface area contributed by atoms with E-state index in [1.807, 2.05) is 37.0 Å². The van der Waals surface area contributed by atoms with Crippen molar-refractivity contribution in [1.29, 1.82) is 0 Å². The van der Waals surface area contributed by atoms with Gasteiger partial charge in [0.15, 0.2) is 22.7 Å². The summed E-state index contributed by atoms with van der Waals surface area (Å²) in [6.07, 6.45) is 9.94. The third-order valence-corrected chi connectivity index (χ3v) is 7.32. The molecular formula is C29H34N4O4. The van der Waals surface area contributed by atoms with Crippen LogP contribution in [0.4, 0.5) is 17.5 Å². The summed E-state index contributed by atoms with van der Waals surface area (Å²) in [5, 5.41) is 3.73. The molecule has 1 aromatic carbocycles. The Morgan fingerprint density at radius 3 is 2.73 bits per heavy atom. The van der Waals surface area contributed by atoms with Crippen molar-refractivity contribution in [2.75, 3.05) is 36.5 Å². The molecule has 37 heavy (non-hydrogen) atoms. The van der Waals surface area contributed by atoms with Gasteiger partial charge in [0.25, 0.3) is 0 Å². The van der Waals surface area contributed by atoms with Gasteiger partial charge in [-0.25, -0.2) is 9.97 Å². The molecule has 2 aliphatic rings. The van der Waals surface area contributed by atoms with Crippen LogP contribution < -0.4 is 15.6 Å². The predicted molar refractivity (Wildman–Crippen MR) is 145 cm³/mol. The number of nitrogens with zero attached hydrogens (tertiary/aromatic N) is 3. The van der Waals surface area contributed by atoms with Crippen LogP contribution in [0, 0.1) is 12.8 Å². The maximum absolute atomic E-state index is 12.8. The van der Waals surface area contributed by atoms with Crippen molar-refractivity contribution in [2.24, 2.45) is 5.92 Å². The molecule has 1 aliphatic carbocycles. The van der Waals surface area contributed by atoms with Crippen LogP contribution in [0.15, 0.2) is 45.2 Å². The van der Waals surface area contributed by atoms with E-state index in [4.69, 9.17) is 9.15 Å². The Kier molecular flexibility index (Phi) is 7.65. The van der Waals surface area contributed by atoms with Gasteiger partial charge in [0.1, 0.15) is 0 Å². The number of hydrogen-bond donors (Lipinski definition) is 1. The van der Waals surface area contributed by atoms with Crippen LogP contribution in [0.25, 0.3) is 17.0 Å². The monoisotopic (exact) mass is 502 g/mol. The van der Waals surface area contributed by atoms with Crippen molar-refractivity contribution in [3.8, 4) is 0 Å². The summed E-state index contributed by atoms with van der Waals surface area (Å²) in [6.45, 7) is 6.37. The number of fused-ring (bicyclic) bond motifs is 1. The van der Waals surface area contributed by atoms with Crippen LogP contribution in [-0.4, -0.2) is 42.1 Å². The average molecular weight is 503 g/mol. The lowest BCUT2D eigenvalue weighted by Crippen LogP contribution is -2.36. The zero-order valence-electron chi connectivity index (χ0n) is 21.6. The van der Waals surface area contributed by atoms with Crippen molar-refractivity contribution >= 4 is 40.3 Å². The summed E-state index contributed by atoms with van der Waals surface area (Å²) in [6, 6.07) is 6.96. The minimum Gasteiger partial charge on any atom is -0.438 e. The number of aryl methyl sites for hydroxylation is 1. The van der Waals surface area contributed by atoms with E-state index >= 15 is 0 Å². The Bertz CT molecular complexity index is 1370. The lowest BCUT2D eigenvalue weighted by atomic mass is 9.93. The van der Waals surface area contributed by atoms with Crippen LogP contribution in [0.5, 0.6) is 0 Å². The number of para-hydroxylation sites is 1. The van der Waals surface area contributed by atoms with E-state index < -0.39 is 0 Å². The molecule has 8 nitrogen and oxygen atoms in total. The van der Waals surface area contributed by atoms with E-state index in [0.717, 1.165) is 23.3 Å². The molecule has 5 rings (SSSR count). The summed E-state index contributed by atoms with van der Waals surface area (Å²) in [4.78, 5) is 36.7. The predicted octanol–water partition coefficient (Wildman–Crippen LogP) is 5.41. The van der Waals surface area contributed by atoms with E-state index in [-0.39, 0.29) is 11.2 Å². The van der Waals surface area contributed by atoms with E-state index in [1.54, 1.807) is 18.3 Å². The lowest BCUT2D eigenvalue weighted by molar-refractivity contribution is -0.115. The summed E-state index contributed by atoms with van der Waals surface area (Å²) in [7, 11) is 0. The fourth-order valence-corrected chi connectivity index (χ4v) is 5.20. The second-order valence-electron chi connectivity index (χ2n) is 9.89. The molecule has 1 aliphatic heterocycles. The lowest BCUT2D eigenvalue weighted by Gasteiger charge is -2.27. The number of rotatable bonds is 8. The second kappa shape index (κ2) is 11.3. The smallest absolute Gasteiger partial charge is 0.227 e. The van der Waals surface area contributed by atoms with Crippen molar-refractivity contribution < 1.29 is 13.9 Å². The Labute approximate surface area is 216 Å². The highest BCUT2D eigenvalue weighted by Gasteiger charge is 2.20. The number of carbonyl (C=O) groups is 1. The minimum absolute atomic E-state index is 0.0978. The molecule has 8 heteroatoms. The van der Waals surface area contributed by atoms with Crippen LogP contribution in [-0.2, 0) is 9.53 Å². The number of Topliss-reactive ketones (excluding diaryl/α,β-unsaturated/α-hetero) is 1. The Morgan fingerprint density at radius 1 is 1.22 bits per heavy atom. The molecule has 194 valence electrons. The number of morpholine rings is 1. The summed E-state index contributed by atoms with van der Waals surface area (Å²) in [5.41, 5.74) is 3.48. The van der Waals surface area contributed by atoms with Gasteiger partial charge in [-0.05, 0) is 43.0 Å². The standard InChI is InChI=1S/C29H34N4O4/c1-3-25(34)21(15-20-7-4-5-8-20)16-22-18-30-29(31-19(22)2)32-24-10-6-9-23-26(35)17-27(37-28(23)24)33-11-13-36-14-12-33/h6,9-10,16-18,20H,3-5,7-8,11-15H2,1-2H3,(H,30,31,32)/b21-16+. The molecule has 2 fully saturated rings. The number of carbonyl (C=O) groups excluding carboxylic acids is 1. The fraction of sp³-hybridized carbons (Fsp3) is 0.448. The first-order valence-electron chi connectivity index (χ1n) is 13.3. The van der Waals surface area contributed by atoms with Gasteiger partial charge in [-0.15, -0.1) is 0 Å². The number of nitrogens with one attached hydrogen (secondary N) is 1. The maximum atomic E-state index is 12.8. The van der Waals surface area contributed by atoms with E-state index in [9.17, 15) is 9.59 Å². The molecule has 0 amide bonds. The van der Waals surface area contributed by atoms with Crippen molar-refractivity contribution in [3.05, 3.63) is 57.5 Å². The van der Waals surface area contributed by atoms with Gasteiger partial charge in [-0.2, -0.15) is 0 Å². The number of ketones is 1. The Hall–Kier alpha value is -3.52. The number of aromatic nitrogens is 2. The summed E-state index contributed by atoms with van der Waals surface area (Å²) in [5.74, 6) is 1.71. The zero-order valence-corrected chi connectivity index (χ0v) is 21.6. The molecule has 1 saturated heterocycles. The van der Waals surface area contributed by atoms with Crippen molar-refractivity contribution in [3.63, 3.8) is 0 Å². The average Bonchev–Trinajstić information content (AvgIpc) is 3.43. The first-order chi connectivity index (χ1) is 18.0. The molecule has 3 aromatic rings. The Morgan fingerprint density at radius 2 is 2.00 bits per heavy atom. The highest BCUT2D eigenvalue weighted by atomic mass is 16.5. The van der Waals surface area contributed by atoms with Crippen molar-refractivity contribution in [2.45, 2.75) is 52.4 Å². The first kappa shape index (κ1) is 25.1. The van der Waals surface area contributed by atoms with E-state index in [1.165, 1.54) is 25.7 Å². The largest absolute Gasteiger partial charge is 0.438 e. The number of hydrogen-bond acceptors (Lipinski definition) is 8. The second-order valence-corrected chi connectivity index (χ2v) is 9.89. The van der Waals surface area contributed by atoms with Gasteiger partial charge in [0.2, 0.25) is 5.95 Å². The maximum Gasteiger partial charge on any atom is 0.227 e. The SMILES string of the molecule is CCC(=O)/C(=C/c1cnc(Nc2cccc3c(=O)cc(N4CCOCC4)oc23)nc1C)CC1CCCC1. The number of ether oxygens (including phenoxy) is 1. The third-order valence-electron chi connectivity index (χ3n) is 7.32. The van der Waals surface area contributed by atoms with Gasteiger partial charge in [-0.1, -0.05) is 38.7 Å². The van der Waals surface area contributed by atoms with E-state index in [0.29, 0.717) is 67.1 Å². The molecular weight excluding hydrogens is 468 g/mol. The van der Waals surface area contributed by atoms with Crippen LogP contribution in [0.1, 0.15) is 56.7 Å². The van der Waals surface area contributed by atoms with Gasteiger partial charge >= 0.3 is 0 Å². The van der Waals surface area contributed by atoms with Crippen molar-refractivity contribution in [1.82, 2.24) is 9.97 Å². The molecule has 1 N–H and O–H groups in total. The molecule has 0 bridgehead atoms. The molecule has 2 aromatic heterocycles. The first-order valence-corrected chi connectivity index (χ1v) is 13.3. The minimum atomic E-state index is -0.0978. The van der Waals surface area contributed by atoms with Gasteiger partial charge < -0.3 is 19.4 Å². The molecule has 0 spiro atoms. The van der Waals surface area contributed by atoms with Gasteiger partial charge in [0, 0.05) is 37.3 Å². The highest BCUT2D eigenvalue weighted by Crippen LogP contribution is 2.32. The third kappa shape index (κ3) is 5.74. The summed E-state index contributed by atoms with van der Waals surface area (Å²) < 4.78 is 11.6. The van der Waals surface area contributed by atoms with Crippen LogP contribution in [0.2, 0.25) is 0 Å². The Balaban J connectivity index is 1.42. The fourth-order valence-electron chi connectivity index (χ4n) is 5.20. The molecule has 3 heterocycles. The summed E-state index contributed by atoms with van der Waals surface area (Å²) >= 11 is 0. The zero-order chi connectivity index (χ0) is 25.8. The van der Waals surface area contributed by atoms with Gasteiger partial charge in [0.05, 0.1) is 30.0 Å². The number of benzene rings is 1. The number of allylic oxidation sites excluding steroid dienone is 1. The quantitative estimate of drug-likeness (QED) is 0.408. The van der Waals surface area contributed by atoms with Crippen LogP contribution >= 0.6 is 0 Å². The molecule has 1 saturated carbocycles. The van der Waals surface area contributed by atoms with Crippen LogP contribution in [0.3, 0.4) is 0 Å². The topological polar surface area (TPSA) is 97.6 Å². The molecule has 0 unspecified atom stereocenters. The normalized spacial score (nSPS) is 16.9. The number of anilines is 3. The van der Waals surface area contributed by atoms with Gasteiger partial charge in [-0.3, -0.25) is 9.59 Å². The highest BCUT2D eigenvalue weighted by molar-refractivity contribution is 5.99.